The van der Waals surface area contributed by atoms with Gasteiger partial charge in [0.25, 0.3) is 0 Å². The first kappa shape index (κ1) is 18.0. The fraction of sp³-hybridized carbons (Fsp3) is 0.364. The zero-order valence-electron chi connectivity index (χ0n) is 16.2. The highest BCUT2D eigenvalue weighted by molar-refractivity contribution is 5.76. The van der Waals surface area contributed by atoms with Crippen molar-refractivity contribution in [3.8, 4) is 17.6 Å². The third-order valence-corrected chi connectivity index (χ3v) is 5.72. The van der Waals surface area contributed by atoms with Crippen molar-refractivity contribution in [2.24, 2.45) is 0 Å². The molecule has 0 N–H and O–H groups in total. The van der Waals surface area contributed by atoms with Crippen molar-refractivity contribution in [1.82, 2.24) is 19.4 Å². The molecule has 0 amide bonds. The molecule has 1 saturated heterocycles. The molecular weight excluding hydrogens is 366 g/mol. The van der Waals surface area contributed by atoms with Gasteiger partial charge in [0, 0.05) is 39.3 Å². The monoisotopic (exact) mass is 389 g/mol. The highest BCUT2D eigenvalue weighted by Gasteiger charge is 2.29. The standard InChI is InChI=1S/C22H23N5O2/c23-14-17-5-6-19-18(13-17)24-16-27(19)12-9-25-7-10-26(11-8-25)22-15-28-20-3-1-2-4-21(20)29-22/h1-6,13,16,22H,7-12,15H2. The highest BCUT2D eigenvalue weighted by atomic mass is 16.6. The lowest BCUT2D eigenvalue weighted by molar-refractivity contribution is -0.0495. The number of nitrogens with zero attached hydrogens (tertiary/aromatic N) is 5. The third-order valence-electron chi connectivity index (χ3n) is 5.72. The number of fused-ring (bicyclic) bond motifs is 2. The third kappa shape index (κ3) is 3.65. The zero-order valence-corrected chi connectivity index (χ0v) is 16.2. The minimum Gasteiger partial charge on any atom is -0.484 e. The number of benzene rings is 2. The highest BCUT2D eigenvalue weighted by Crippen LogP contribution is 2.31. The molecule has 2 aliphatic rings. The van der Waals surface area contributed by atoms with Crippen LogP contribution in [0.2, 0.25) is 0 Å². The van der Waals surface area contributed by atoms with Crippen LogP contribution >= 0.6 is 0 Å². The normalized spacial score (nSPS) is 19.9. The molecule has 7 nitrogen and oxygen atoms in total. The van der Waals surface area contributed by atoms with E-state index in [0.29, 0.717) is 12.2 Å². The molecule has 1 unspecified atom stereocenters. The minimum atomic E-state index is -0.0148. The van der Waals surface area contributed by atoms with E-state index in [1.54, 1.807) is 0 Å². The number of ether oxygens (including phenoxy) is 2. The van der Waals surface area contributed by atoms with Crippen LogP contribution in [0.4, 0.5) is 0 Å². The molecule has 3 aromatic rings. The molecule has 1 aromatic heterocycles. The van der Waals surface area contributed by atoms with Gasteiger partial charge in [-0.2, -0.15) is 5.26 Å². The molecule has 3 heterocycles. The maximum absolute atomic E-state index is 9.03. The van der Waals surface area contributed by atoms with E-state index >= 15 is 0 Å². The van der Waals surface area contributed by atoms with Gasteiger partial charge in [-0.25, -0.2) is 4.98 Å². The minimum absolute atomic E-state index is 0.0148. The molecule has 2 aromatic carbocycles. The predicted octanol–water partition coefficient (Wildman–Crippen LogP) is 2.32. The van der Waals surface area contributed by atoms with Crippen molar-refractivity contribution in [3.63, 3.8) is 0 Å². The first-order chi connectivity index (χ1) is 14.3. The van der Waals surface area contributed by atoms with Gasteiger partial charge in [0.2, 0.25) is 0 Å². The molecule has 0 aliphatic carbocycles. The molecular formula is C22H23N5O2. The van der Waals surface area contributed by atoms with Crippen LogP contribution in [0.1, 0.15) is 5.56 Å². The molecule has 2 aliphatic heterocycles. The number of hydrogen-bond donors (Lipinski definition) is 0. The van der Waals surface area contributed by atoms with Crippen LogP contribution in [-0.4, -0.2) is 64.9 Å². The Morgan fingerprint density at radius 1 is 1.03 bits per heavy atom. The van der Waals surface area contributed by atoms with Gasteiger partial charge in [0.1, 0.15) is 6.61 Å². The van der Waals surface area contributed by atoms with Gasteiger partial charge in [0.15, 0.2) is 17.7 Å². The molecule has 0 spiro atoms. The quantitative estimate of drug-likeness (QED) is 0.682. The van der Waals surface area contributed by atoms with Crippen LogP contribution < -0.4 is 9.47 Å². The largest absolute Gasteiger partial charge is 0.484 e. The number of rotatable bonds is 4. The van der Waals surface area contributed by atoms with Crippen LogP contribution in [-0.2, 0) is 6.54 Å². The van der Waals surface area contributed by atoms with Gasteiger partial charge in [0.05, 0.1) is 29.0 Å². The number of hydrogen-bond acceptors (Lipinski definition) is 6. The fourth-order valence-electron chi connectivity index (χ4n) is 4.02. The number of nitriles is 1. The molecule has 0 bridgehead atoms. The van der Waals surface area contributed by atoms with E-state index in [0.717, 1.165) is 61.8 Å². The lowest BCUT2D eigenvalue weighted by Crippen LogP contribution is -2.54. The van der Waals surface area contributed by atoms with E-state index in [9.17, 15) is 0 Å². The van der Waals surface area contributed by atoms with Crippen LogP contribution in [0.15, 0.2) is 48.8 Å². The molecule has 0 radical (unpaired) electrons. The second kappa shape index (κ2) is 7.74. The lowest BCUT2D eigenvalue weighted by Gasteiger charge is -2.40. The van der Waals surface area contributed by atoms with Crippen LogP contribution in [0.5, 0.6) is 11.5 Å². The van der Waals surface area contributed by atoms with E-state index in [-0.39, 0.29) is 6.23 Å². The van der Waals surface area contributed by atoms with Gasteiger partial charge in [-0.15, -0.1) is 0 Å². The fourth-order valence-corrected chi connectivity index (χ4v) is 4.02. The Morgan fingerprint density at radius 2 is 1.86 bits per heavy atom. The van der Waals surface area contributed by atoms with E-state index in [1.807, 2.05) is 48.8 Å². The summed E-state index contributed by atoms with van der Waals surface area (Å²) in [4.78, 5) is 9.28. The summed E-state index contributed by atoms with van der Waals surface area (Å²) in [6.45, 7) is 6.38. The Kier molecular flexibility index (Phi) is 4.80. The SMILES string of the molecule is N#Cc1ccc2c(c1)ncn2CCN1CCN(C2COc3ccccc3O2)CC1. The molecule has 1 atom stereocenters. The molecule has 5 rings (SSSR count). The van der Waals surface area contributed by atoms with Crippen molar-refractivity contribution >= 4 is 11.0 Å². The summed E-state index contributed by atoms with van der Waals surface area (Å²) in [6, 6.07) is 15.7. The second-order valence-electron chi connectivity index (χ2n) is 7.46. The molecule has 1 fully saturated rings. The van der Waals surface area contributed by atoms with Crippen molar-refractivity contribution in [2.75, 3.05) is 39.3 Å². The van der Waals surface area contributed by atoms with Gasteiger partial charge >= 0.3 is 0 Å². The Balaban J connectivity index is 1.15. The summed E-state index contributed by atoms with van der Waals surface area (Å²) in [5, 5.41) is 9.03. The molecule has 0 saturated carbocycles. The van der Waals surface area contributed by atoms with Crippen molar-refractivity contribution in [2.45, 2.75) is 12.8 Å². The average Bonchev–Trinajstić information content (AvgIpc) is 3.20. The summed E-state index contributed by atoms with van der Waals surface area (Å²) in [7, 11) is 0. The van der Waals surface area contributed by atoms with E-state index in [2.05, 4.69) is 25.4 Å². The predicted molar refractivity (Wildman–Crippen MR) is 109 cm³/mol. The van der Waals surface area contributed by atoms with Crippen LogP contribution in [0.3, 0.4) is 0 Å². The Morgan fingerprint density at radius 3 is 2.69 bits per heavy atom. The summed E-state index contributed by atoms with van der Waals surface area (Å²) < 4.78 is 14.2. The topological polar surface area (TPSA) is 66.6 Å². The smallest absolute Gasteiger partial charge is 0.187 e. The van der Waals surface area contributed by atoms with Crippen LogP contribution in [0, 0.1) is 11.3 Å². The van der Waals surface area contributed by atoms with Crippen molar-refractivity contribution < 1.29 is 9.47 Å². The number of piperazine rings is 1. The summed E-state index contributed by atoms with van der Waals surface area (Å²) in [6.07, 6.45) is 1.85. The number of aromatic nitrogens is 2. The lowest BCUT2D eigenvalue weighted by atomic mass is 10.2. The van der Waals surface area contributed by atoms with Gasteiger partial charge in [-0.3, -0.25) is 9.80 Å². The maximum Gasteiger partial charge on any atom is 0.187 e. The second-order valence-corrected chi connectivity index (χ2v) is 7.46. The Bertz CT molecular complexity index is 1050. The Hall–Kier alpha value is -3.08. The molecule has 7 heteroatoms. The van der Waals surface area contributed by atoms with Gasteiger partial charge in [-0.1, -0.05) is 12.1 Å². The van der Waals surface area contributed by atoms with Gasteiger partial charge < -0.3 is 14.0 Å². The molecule has 29 heavy (non-hydrogen) atoms. The van der Waals surface area contributed by atoms with Crippen LogP contribution in [0.25, 0.3) is 11.0 Å². The first-order valence-corrected chi connectivity index (χ1v) is 10.00. The van der Waals surface area contributed by atoms with E-state index in [1.165, 1.54) is 0 Å². The zero-order chi connectivity index (χ0) is 19.6. The van der Waals surface area contributed by atoms with E-state index < -0.39 is 0 Å². The summed E-state index contributed by atoms with van der Waals surface area (Å²) in [5.74, 6) is 1.66. The van der Waals surface area contributed by atoms with Gasteiger partial charge in [-0.05, 0) is 30.3 Å². The average molecular weight is 389 g/mol. The summed E-state index contributed by atoms with van der Waals surface area (Å²) >= 11 is 0. The maximum atomic E-state index is 9.03. The first-order valence-electron chi connectivity index (χ1n) is 10.00. The number of para-hydroxylation sites is 2. The summed E-state index contributed by atoms with van der Waals surface area (Å²) in [5.41, 5.74) is 2.60. The Labute approximate surface area is 169 Å². The molecule has 148 valence electrons. The van der Waals surface area contributed by atoms with E-state index in [4.69, 9.17) is 14.7 Å². The van der Waals surface area contributed by atoms with Crippen molar-refractivity contribution in [3.05, 3.63) is 54.4 Å². The van der Waals surface area contributed by atoms with Crippen molar-refractivity contribution in [1.29, 1.82) is 5.26 Å². The number of imidazole rings is 1.